The van der Waals surface area contributed by atoms with Gasteiger partial charge in [0, 0.05) is 4.70 Å². The topological polar surface area (TPSA) is 0 Å². The molecule has 1 heterocycles. The van der Waals surface area contributed by atoms with E-state index in [1.807, 2.05) is 11.3 Å². The lowest BCUT2D eigenvalue weighted by Crippen LogP contribution is -1.84. The van der Waals surface area contributed by atoms with Gasteiger partial charge in [-0.05, 0) is 47.7 Å². The summed E-state index contributed by atoms with van der Waals surface area (Å²) >= 11 is 1.87. The van der Waals surface area contributed by atoms with Crippen molar-refractivity contribution in [1.82, 2.24) is 0 Å². The van der Waals surface area contributed by atoms with Crippen molar-refractivity contribution in [3.05, 3.63) is 34.2 Å². The fourth-order valence-corrected chi connectivity index (χ4v) is 2.89. The average Bonchev–Trinajstić information content (AvgIpc) is 2.51. The van der Waals surface area contributed by atoms with Crippen molar-refractivity contribution in [2.45, 2.75) is 27.2 Å². The average molecular weight is 190 g/mol. The van der Waals surface area contributed by atoms with Crippen molar-refractivity contribution in [3.63, 3.8) is 0 Å². The van der Waals surface area contributed by atoms with Gasteiger partial charge in [0.05, 0.1) is 0 Å². The van der Waals surface area contributed by atoms with Crippen molar-refractivity contribution >= 4 is 21.4 Å². The molecule has 0 amide bonds. The van der Waals surface area contributed by atoms with Gasteiger partial charge in [0.2, 0.25) is 0 Å². The van der Waals surface area contributed by atoms with E-state index < -0.39 is 0 Å². The van der Waals surface area contributed by atoms with Gasteiger partial charge >= 0.3 is 0 Å². The largest absolute Gasteiger partial charge is 0.143 e. The summed E-state index contributed by atoms with van der Waals surface area (Å²) in [4.78, 5) is 0. The van der Waals surface area contributed by atoms with Crippen molar-refractivity contribution in [3.8, 4) is 0 Å². The van der Waals surface area contributed by atoms with Crippen LogP contribution in [0.2, 0.25) is 0 Å². The zero-order valence-electron chi connectivity index (χ0n) is 8.35. The number of benzene rings is 1. The smallest absolute Gasteiger partial charge is 0.0377 e. The third-order valence-electron chi connectivity index (χ3n) is 2.57. The molecule has 0 bridgehead atoms. The van der Waals surface area contributed by atoms with Gasteiger partial charge in [-0.3, -0.25) is 0 Å². The minimum atomic E-state index is 1.13. The zero-order valence-corrected chi connectivity index (χ0v) is 9.16. The van der Waals surface area contributed by atoms with E-state index in [1.54, 1.807) is 0 Å². The van der Waals surface area contributed by atoms with Gasteiger partial charge in [-0.15, -0.1) is 11.3 Å². The number of aryl methyl sites for hydroxylation is 3. The molecule has 0 spiro atoms. The van der Waals surface area contributed by atoms with Gasteiger partial charge in [-0.25, -0.2) is 0 Å². The van der Waals surface area contributed by atoms with Gasteiger partial charge in [0.15, 0.2) is 0 Å². The maximum atomic E-state index is 2.26. The molecule has 0 N–H and O–H groups in total. The minimum Gasteiger partial charge on any atom is -0.143 e. The van der Waals surface area contributed by atoms with Crippen LogP contribution in [0.15, 0.2) is 17.5 Å². The molecule has 0 aliphatic carbocycles. The lowest BCUT2D eigenvalue weighted by atomic mass is 10.0. The van der Waals surface area contributed by atoms with Crippen LogP contribution < -0.4 is 0 Å². The first-order chi connectivity index (χ1) is 6.24. The molecule has 0 radical (unpaired) electrons. The molecular weight excluding hydrogens is 176 g/mol. The van der Waals surface area contributed by atoms with Crippen LogP contribution in [0.3, 0.4) is 0 Å². The first-order valence-electron chi connectivity index (χ1n) is 4.70. The van der Waals surface area contributed by atoms with Crippen LogP contribution >= 0.6 is 11.3 Å². The molecule has 68 valence electrons. The lowest BCUT2D eigenvalue weighted by molar-refractivity contribution is 1.16. The Morgan fingerprint density at radius 2 is 1.92 bits per heavy atom. The van der Waals surface area contributed by atoms with Crippen LogP contribution in [0, 0.1) is 13.8 Å². The second kappa shape index (κ2) is 3.15. The van der Waals surface area contributed by atoms with Crippen LogP contribution in [-0.2, 0) is 6.42 Å². The second-order valence-electron chi connectivity index (χ2n) is 3.52. The molecule has 1 heteroatoms. The van der Waals surface area contributed by atoms with Gasteiger partial charge in [-0.1, -0.05) is 19.1 Å². The first-order valence-corrected chi connectivity index (χ1v) is 5.58. The summed E-state index contributed by atoms with van der Waals surface area (Å²) in [5, 5.41) is 3.75. The maximum absolute atomic E-state index is 2.26. The monoisotopic (exact) mass is 190 g/mol. The predicted molar refractivity (Wildman–Crippen MR) is 60.7 cm³/mol. The van der Waals surface area contributed by atoms with E-state index in [0.717, 1.165) is 6.42 Å². The standard InChI is InChI=1S/C12H14S/c1-4-10-6-5-8(2)12-11(10)9(3)7-13-12/h5-7H,4H2,1-3H3. The number of hydrogen-bond donors (Lipinski definition) is 0. The van der Waals surface area contributed by atoms with Crippen molar-refractivity contribution in [2.24, 2.45) is 0 Å². The lowest BCUT2D eigenvalue weighted by Gasteiger charge is -2.03. The quantitative estimate of drug-likeness (QED) is 0.635. The fraction of sp³-hybridized carbons (Fsp3) is 0.333. The van der Waals surface area contributed by atoms with E-state index in [-0.39, 0.29) is 0 Å². The van der Waals surface area contributed by atoms with Crippen LogP contribution in [0.25, 0.3) is 10.1 Å². The molecule has 0 unspecified atom stereocenters. The molecule has 1 aromatic heterocycles. The van der Waals surface area contributed by atoms with Crippen molar-refractivity contribution in [2.75, 3.05) is 0 Å². The molecular formula is C12H14S. The summed E-state index contributed by atoms with van der Waals surface area (Å²) in [6, 6.07) is 4.49. The van der Waals surface area contributed by atoms with Crippen LogP contribution in [-0.4, -0.2) is 0 Å². The van der Waals surface area contributed by atoms with E-state index in [0.29, 0.717) is 0 Å². The van der Waals surface area contributed by atoms with Crippen LogP contribution in [0.4, 0.5) is 0 Å². The van der Waals surface area contributed by atoms with E-state index >= 15 is 0 Å². The number of rotatable bonds is 1. The highest BCUT2D eigenvalue weighted by Crippen LogP contribution is 2.31. The van der Waals surface area contributed by atoms with Crippen molar-refractivity contribution < 1.29 is 0 Å². The Hall–Kier alpha value is -0.820. The van der Waals surface area contributed by atoms with Gasteiger partial charge in [0.1, 0.15) is 0 Å². The Morgan fingerprint density at radius 3 is 2.62 bits per heavy atom. The molecule has 0 nitrogen and oxygen atoms in total. The summed E-state index contributed by atoms with van der Waals surface area (Å²) in [6.07, 6.45) is 1.13. The Bertz CT molecular complexity index is 438. The Kier molecular flexibility index (Phi) is 2.12. The van der Waals surface area contributed by atoms with Gasteiger partial charge in [0.25, 0.3) is 0 Å². The Morgan fingerprint density at radius 1 is 1.15 bits per heavy atom. The predicted octanol–water partition coefficient (Wildman–Crippen LogP) is 4.08. The first kappa shape index (κ1) is 8.76. The Balaban J connectivity index is 2.88. The Labute approximate surface area is 83.2 Å². The maximum Gasteiger partial charge on any atom is 0.0377 e. The number of hydrogen-bond acceptors (Lipinski definition) is 1. The molecule has 2 rings (SSSR count). The summed E-state index contributed by atoms with van der Waals surface area (Å²) in [5.74, 6) is 0. The third kappa shape index (κ3) is 1.28. The van der Waals surface area contributed by atoms with Crippen molar-refractivity contribution in [1.29, 1.82) is 0 Å². The molecule has 0 aliphatic heterocycles. The van der Waals surface area contributed by atoms with E-state index in [2.05, 4.69) is 38.3 Å². The number of fused-ring (bicyclic) bond motifs is 1. The molecule has 13 heavy (non-hydrogen) atoms. The van der Waals surface area contributed by atoms with Gasteiger partial charge in [-0.2, -0.15) is 0 Å². The molecule has 0 saturated carbocycles. The van der Waals surface area contributed by atoms with E-state index in [9.17, 15) is 0 Å². The molecule has 0 saturated heterocycles. The zero-order chi connectivity index (χ0) is 9.42. The second-order valence-corrected chi connectivity index (χ2v) is 4.40. The summed E-state index contributed by atoms with van der Waals surface area (Å²) in [7, 11) is 0. The fourth-order valence-electron chi connectivity index (χ4n) is 1.81. The normalized spacial score (nSPS) is 11.0. The summed E-state index contributed by atoms with van der Waals surface area (Å²) in [6.45, 7) is 6.62. The van der Waals surface area contributed by atoms with Gasteiger partial charge < -0.3 is 0 Å². The highest BCUT2D eigenvalue weighted by molar-refractivity contribution is 7.17. The molecule has 1 aromatic carbocycles. The molecule has 0 fully saturated rings. The van der Waals surface area contributed by atoms with E-state index in [4.69, 9.17) is 0 Å². The highest BCUT2D eigenvalue weighted by atomic mass is 32.1. The third-order valence-corrected chi connectivity index (χ3v) is 3.80. The van der Waals surface area contributed by atoms with Crippen LogP contribution in [0.5, 0.6) is 0 Å². The highest BCUT2D eigenvalue weighted by Gasteiger charge is 2.06. The molecule has 0 atom stereocenters. The number of thiophene rings is 1. The summed E-state index contributed by atoms with van der Waals surface area (Å²) in [5.41, 5.74) is 4.32. The molecule has 2 aromatic rings. The summed E-state index contributed by atoms with van der Waals surface area (Å²) < 4.78 is 1.47. The molecule has 0 aliphatic rings. The SMILES string of the molecule is CCc1ccc(C)c2scc(C)c12. The van der Waals surface area contributed by atoms with E-state index in [1.165, 1.54) is 26.8 Å². The van der Waals surface area contributed by atoms with Crippen LogP contribution in [0.1, 0.15) is 23.6 Å². The minimum absolute atomic E-state index is 1.13.